The molecule has 0 radical (unpaired) electrons. The fourth-order valence-electron chi connectivity index (χ4n) is 1.87. The van der Waals surface area contributed by atoms with Gasteiger partial charge in [-0.1, -0.05) is 42.0 Å². The van der Waals surface area contributed by atoms with Crippen LogP contribution >= 0.6 is 0 Å². The molecule has 0 unspecified atom stereocenters. The third-order valence-corrected chi connectivity index (χ3v) is 3.01. The normalized spacial score (nSPS) is 10.3. The molecule has 104 valence electrons. The molecule has 20 heavy (non-hydrogen) atoms. The first-order valence-corrected chi connectivity index (χ1v) is 6.67. The summed E-state index contributed by atoms with van der Waals surface area (Å²) in [6.45, 7) is 2.06. The first-order valence-electron chi connectivity index (χ1n) is 6.67. The largest absolute Gasteiger partial charge is 0.427 e. The van der Waals surface area contributed by atoms with Crippen LogP contribution in [0.2, 0.25) is 0 Å². The second-order valence-corrected chi connectivity index (χ2v) is 4.69. The van der Waals surface area contributed by atoms with Crippen molar-refractivity contribution in [2.45, 2.75) is 19.8 Å². The number of carbonyl (C=O) groups is 1. The van der Waals surface area contributed by atoms with Gasteiger partial charge in [-0.15, -0.1) is 0 Å². The number of aryl methyl sites for hydroxylation is 1. The van der Waals surface area contributed by atoms with Crippen molar-refractivity contribution in [2.75, 3.05) is 6.61 Å². The number of benzene rings is 2. The van der Waals surface area contributed by atoms with E-state index >= 15 is 0 Å². The molecule has 2 rings (SSSR count). The zero-order valence-corrected chi connectivity index (χ0v) is 11.5. The highest BCUT2D eigenvalue weighted by atomic mass is 16.5. The minimum absolute atomic E-state index is 0.00145. The van der Waals surface area contributed by atoms with E-state index in [-0.39, 0.29) is 19.0 Å². The maximum absolute atomic E-state index is 11.4. The first-order chi connectivity index (χ1) is 9.69. The van der Waals surface area contributed by atoms with E-state index in [1.165, 1.54) is 5.56 Å². The molecule has 2 aromatic carbocycles. The lowest BCUT2D eigenvalue weighted by Gasteiger charge is -2.06. The molecule has 0 spiro atoms. The van der Waals surface area contributed by atoms with Gasteiger partial charge in [0.2, 0.25) is 0 Å². The molecule has 0 aliphatic rings. The molecule has 3 heteroatoms. The molecule has 0 heterocycles. The Labute approximate surface area is 118 Å². The fraction of sp³-hybridized carbons (Fsp3) is 0.235. The maximum Gasteiger partial charge on any atom is 0.311 e. The molecule has 0 bridgehead atoms. The lowest BCUT2D eigenvalue weighted by atomic mass is 10.0. The molecule has 0 aliphatic heterocycles. The van der Waals surface area contributed by atoms with E-state index in [0.29, 0.717) is 12.2 Å². The summed E-state index contributed by atoms with van der Waals surface area (Å²) in [6.07, 6.45) is 0.663. The standard InChI is InChI=1S/C17H18O3/c1-13-4-6-14(7-5-13)15-8-10-16(11-9-15)20-17(19)3-2-12-18/h4-11,18H,2-3,12H2,1H3. The fourth-order valence-corrected chi connectivity index (χ4v) is 1.87. The Morgan fingerprint density at radius 1 is 1.00 bits per heavy atom. The van der Waals surface area contributed by atoms with Gasteiger partial charge >= 0.3 is 5.97 Å². The average Bonchev–Trinajstić information content (AvgIpc) is 2.47. The van der Waals surface area contributed by atoms with Crippen LogP contribution in [0, 0.1) is 6.92 Å². The van der Waals surface area contributed by atoms with Crippen LogP contribution in [0.5, 0.6) is 5.75 Å². The van der Waals surface area contributed by atoms with Gasteiger partial charge in [-0.05, 0) is 36.6 Å². The van der Waals surface area contributed by atoms with Crippen LogP contribution < -0.4 is 4.74 Å². The summed E-state index contributed by atoms with van der Waals surface area (Å²) in [5.41, 5.74) is 3.44. The van der Waals surface area contributed by atoms with Gasteiger partial charge < -0.3 is 9.84 Å². The third-order valence-electron chi connectivity index (χ3n) is 3.01. The van der Waals surface area contributed by atoms with Crippen LogP contribution in [0.1, 0.15) is 18.4 Å². The minimum Gasteiger partial charge on any atom is -0.427 e. The Bertz CT molecular complexity index is 556. The number of ether oxygens (including phenoxy) is 1. The molecular formula is C17H18O3. The molecule has 1 N–H and O–H groups in total. The highest BCUT2D eigenvalue weighted by molar-refractivity contribution is 5.73. The van der Waals surface area contributed by atoms with Gasteiger partial charge in [0.25, 0.3) is 0 Å². The van der Waals surface area contributed by atoms with Gasteiger partial charge in [0.15, 0.2) is 0 Å². The van der Waals surface area contributed by atoms with Crippen molar-refractivity contribution in [1.29, 1.82) is 0 Å². The van der Waals surface area contributed by atoms with Crippen molar-refractivity contribution in [3.63, 3.8) is 0 Å². The van der Waals surface area contributed by atoms with Crippen LogP contribution in [0.25, 0.3) is 11.1 Å². The van der Waals surface area contributed by atoms with Gasteiger partial charge in [-0.2, -0.15) is 0 Å². The lowest BCUT2D eigenvalue weighted by Crippen LogP contribution is -2.08. The highest BCUT2D eigenvalue weighted by Crippen LogP contribution is 2.23. The summed E-state index contributed by atoms with van der Waals surface area (Å²) in [7, 11) is 0. The third kappa shape index (κ3) is 3.93. The number of rotatable bonds is 5. The highest BCUT2D eigenvalue weighted by Gasteiger charge is 2.04. The van der Waals surface area contributed by atoms with Crippen molar-refractivity contribution < 1.29 is 14.6 Å². The van der Waals surface area contributed by atoms with E-state index in [2.05, 4.69) is 31.2 Å². The molecule has 0 atom stereocenters. The molecule has 0 saturated carbocycles. The quantitative estimate of drug-likeness (QED) is 0.669. The van der Waals surface area contributed by atoms with E-state index in [4.69, 9.17) is 9.84 Å². The molecule has 2 aromatic rings. The number of esters is 1. The Morgan fingerprint density at radius 3 is 2.10 bits per heavy atom. The minimum atomic E-state index is -0.317. The summed E-state index contributed by atoms with van der Waals surface area (Å²) in [5.74, 6) is 0.214. The van der Waals surface area contributed by atoms with Crippen LogP contribution in [-0.4, -0.2) is 17.7 Å². The van der Waals surface area contributed by atoms with Crippen LogP contribution in [-0.2, 0) is 4.79 Å². The number of aliphatic hydroxyl groups excluding tert-OH is 1. The number of hydrogen-bond acceptors (Lipinski definition) is 3. The SMILES string of the molecule is Cc1ccc(-c2ccc(OC(=O)CCCO)cc2)cc1. The van der Waals surface area contributed by atoms with Gasteiger partial charge in [0.1, 0.15) is 5.75 Å². The Morgan fingerprint density at radius 2 is 1.55 bits per heavy atom. The molecule has 0 fully saturated rings. The first kappa shape index (κ1) is 14.3. The van der Waals surface area contributed by atoms with Crippen LogP contribution in [0.4, 0.5) is 0 Å². The number of aliphatic hydroxyl groups is 1. The van der Waals surface area contributed by atoms with E-state index < -0.39 is 0 Å². The van der Waals surface area contributed by atoms with E-state index in [1.807, 2.05) is 12.1 Å². The summed E-state index contributed by atoms with van der Waals surface area (Å²) in [6, 6.07) is 15.7. The molecule has 0 saturated heterocycles. The van der Waals surface area contributed by atoms with Gasteiger partial charge in [0.05, 0.1) is 0 Å². The summed E-state index contributed by atoms with van der Waals surface area (Å²) >= 11 is 0. The Hall–Kier alpha value is -2.13. The molecule has 0 aromatic heterocycles. The summed E-state index contributed by atoms with van der Waals surface area (Å²) < 4.78 is 5.18. The van der Waals surface area contributed by atoms with Gasteiger partial charge in [0, 0.05) is 13.0 Å². The van der Waals surface area contributed by atoms with Gasteiger partial charge in [-0.3, -0.25) is 4.79 Å². The van der Waals surface area contributed by atoms with Crippen molar-refractivity contribution in [2.24, 2.45) is 0 Å². The van der Waals surface area contributed by atoms with E-state index in [9.17, 15) is 4.79 Å². The second kappa shape index (κ2) is 6.87. The lowest BCUT2D eigenvalue weighted by molar-refractivity contribution is -0.134. The monoisotopic (exact) mass is 270 g/mol. The predicted octanol–water partition coefficient (Wildman–Crippen LogP) is 3.34. The van der Waals surface area contributed by atoms with Crippen LogP contribution in [0.15, 0.2) is 48.5 Å². The average molecular weight is 270 g/mol. The van der Waals surface area contributed by atoms with Crippen molar-refractivity contribution in [3.8, 4) is 16.9 Å². The van der Waals surface area contributed by atoms with Crippen molar-refractivity contribution in [3.05, 3.63) is 54.1 Å². The zero-order chi connectivity index (χ0) is 14.4. The smallest absolute Gasteiger partial charge is 0.311 e. The predicted molar refractivity (Wildman–Crippen MR) is 78.6 cm³/mol. The topological polar surface area (TPSA) is 46.5 Å². The maximum atomic E-state index is 11.4. The summed E-state index contributed by atoms with van der Waals surface area (Å²) in [4.78, 5) is 11.4. The zero-order valence-electron chi connectivity index (χ0n) is 11.5. The number of carbonyl (C=O) groups excluding carboxylic acids is 1. The Balaban J connectivity index is 2.02. The second-order valence-electron chi connectivity index (χ2n) is 4.69. The number of hydrogen-bond donors (Lipinski definition) is 1. The van der Waals surface area contributed by atoms with Gasteiger partial charge in [-0.25, -0.2) is 0 Å². The molecule has 0 amide bonds. The molecule has 3 nitrogen and oxygen atoms in total. The van der Waals surface area contributed by atoms with Crippen molar-refractivity contribution in [1.82, 2.24) is 0 Å². The van der Waals surface area contributed by atoms with E-state index in [1.54, 1.807) is 12.1 Å². The van der Waals surface area contributed by atoms with Crippen molar-refractivity contribution >= 4 is 5.97 Å². The van der Waals surface area contributed by atoms with Crippen LogP contribution in [0.3, 0.4) is 0 Å². The molecule has 0 aliphatic carbocycles. The Kier molecular flexibility index (Phi) is 4.91. The molecular weight excluding hydrogens is 252 g/mol. The van der Waals surface area contributed by atoms with E-state index in [0.717, 1.165) is 11.1 Å². The summed E-state index contributed by atoms with van der Waals surface area (Å²) in [5, 5.41) is 8.66.